The highest BCUT2D eigenvalue weighted by atomic mass is 16.3. The lowest BCUT2D eigenvalue weighted by Crippen LogP contribution is -2.30. The van der Waals surface area contributed by atoms with Gasteiger partial charge in [0.25, 0.3) is 0 Å². The molecule has 0 radical (unpaired) electrons. The summed E-state index contributed by atoms with van der Waals surface area (Å²) >= 11 is 0. The van der Waals surface area contributed by atoms with Gasteiger partial charge in [-0.25, -0.2) is 0 Å². The molecule has 1 aromatic rings. The zero-order valence-electron chi connectivity index (χ0n) is 9.50. The van der Waals surface area contributed by atoms with Gasteiger partial charge in [-0.05, 0) is 18.1 Å². The molecule has 1 N–H and O–H groups in total. The van der Waals surface area contributed by atoms with Gasteiger partial charge < -0.3 is 10.0 Å². The molecule has 0 aliphatic carbocycles. The van der Waals surface area contributed by atoms with Crippen LogP contribution in [0, 0.1) is 0 Å². The normalized spacial score (nSPS) is 19.4. The Bertz CT molecular complexity index is 430. The first kappa shape index (κ1) is 11.8. The van der Waals surface area contributed by atoms with Crippen molar-refractivity contribution < 1.29 is 14.7 Å². The second kappa shape index (κ2) is 5.10. The lowest BCUT2D eigenvalue weighted by atomic mass is 10.1. The lowest BCUT2D eigenvalue weighted by Gasteiger charge is -2.15. The minimum atomic E-state index is -0.389. The molecular weight excluding hydrogens is 218 g/mol. The van der Waals surface area contributed by atoms with E-state index in [1.54, 1.807) is 23.1 Å². The molecule has 0 spiro atoms. The number of rotatable bonds is 3. The van der Waals surface area contributed by atoms with E-state index in [4.69, 9.17) is 0 Å². The molecule has 1 amide bonds. The van der Waals surface area contributed by atoms with E-state index in [9.17, 15) is 14.7 Å². The van der Waals surface area contributed by atoms with Crippen LogP contribution in [0.15, 0.2) is 24.3 Å². The van der Waals surface area contributed by atoms with Gasteiger partial charge in [0.2, 0.25) is 5.91 Å². The first-order valence-corrected chi connectivity index (χ1v) is 5.69. The Morgan fingerprint density at radius 2 is 2.35 bits per heavy atom. The maximum atomic E-state index is 11.9. The number of hydrogen-bond donors (Lipinski definition) is 1. The van der Waals surface area contributed by atoms with Gasteiger partial charge in [-0.3, -0.25) is 9.59 Å². The molecular formula is C13H15NO3. The number of likely N-dealkylation sites (tertiary alicyclic amines) is 1. The predicted octanol–water partition coefficient (Wildman–Crippen LogP) is 0.635. The second-order valence-corrected chi connectivity index (χ2v) is 4.32. The minimum Gasteiger partial charge on any atom is -0.391 e. The number of nitrogens with zero attached hydrogens (tertiary/aromatic N) is 1. The summed E-state index contributed by atoms with van der Waals surface area (Å²) in [7, 11) is 0. The molecule has 0 aromatic heterocycles. The van der Waals surface area contributed by atoms with Gasteiger partial charge in [-0.15, -0.1) is 0 Å². The summed E-state index contributed by atoms with van der Waals surface area (Å²) in [6.07, 6.45) is 1.32. The van der Waals surface area contributed by atoms with E-state index < -0.39 is 0 Å². The summed E-state index contributed by atoms with van der Waals surface area (Å²) in [5, 5.41) is 9.36. The van der Waals surface area contributed by atoms with Crippen LogP contribution in [0.4, 0.5) is 0 Å². The van der Waals surface area contributed by atoms with Crippen LogP contribution < -0.4 is 0 Å². The average Bonchev–Trinajstić information content (AvgIpc) is 2.76. The van der Waals surface area contributed by atoms with Crippen molar-refractivity contribution in [3.63, 3.8) is 0 Å². The number of carbonyl (C=O) groups is 2. The number of benzene rings is 1. The number of carbonyl (C=O) groups excluding carboxylic acids is 2. The Labute approximate surface area is 99.9 Å². The zero-order valence-corrected chi connectivity index (χ0v) is 9.50. The number of β-amino-alcohol motifs (C(OH)–C–C–N with tert-alkyl or cyclic N) is 1. The number of hydrogen-bond acceptors (Lipinski definition) is 3. The Hall–Kier alpha value is -1.68. The third-order valence-corrected chi connectivity index (χ3v) is 2.96. The van der Waals surface area contributed by atoms with Crippen LogP contribution in [-0.2, 0) is 11.2 Å². The molecule has 1 atom stereocenters. The highest BCUT2D eigenvalue weighted by Gasteiger charge is 2.24. The quantitative estimate of drug-likeness (QED) is 0.779. The van der Waals surface area contributed by atoms with Gasteiger partial charge in [0, 0.05) is 18.7 Å². The van der Waals surface area contributed by atoms with Crippen LogP contribution in [0.5, 0.6) is 0 Å². The summed E-state index contributed by atoms with van der Waals surface area (Å²) in [5.74, 6) is 0.00426. The summed E-state index contributed by atoms with van der Waals surface area (Å²) < 4.78 is 0. The number of aldehydes is 1. The standard InChI is InChI=1S/C13H15NO3/c15-9-11-3-1-2-10(6-11)7-13(17)14-5-4-12(16)8-14/h1-3,6,9,12,16H,4-5,7-8H2. The number of aliphatic hydroxyl groups excluding tert-OH is 1. The topological polar surface area (TPSA) is 57.6 Å². The van der Waals surface area contributed by atoms with Crippen molar-refractivity contribution in [3.05, 3.63) is 35.4 Å². The second-order valence-electron chi connectivity index (χ2n) is 4.32. The van der Waals surface area contributed by atoms with Gasteiger partial charge in [0.05, 0.1) is 12.5 Å². The largest absolute Gasteiger partial charge is 0.391 e. The fourth-order valence-corrected chi connectivity index (χ4v) is 2.03. The van der Waals surface area contributed by atoms with Crippen molar-refractivity contribution in [1.29, 1.82) is 0 Å². The Kier molecular flexibility index (Phi) is 3.54. The fourth-order valence-electron chi connectivity index (χ4n) is 2.03. The molecule has 0 bridgehead atoms. The van der Waals surface area contributed by atoms with Crippen LogP contribution >= 0.6 is 0 Å². The molecule has 1 heterocycles. The van der Waals surface area contributed by atoms with Gasteiger partial charge in [-0.1, -0.05) is 18.2 Å². The van der Waals surface area contributed by atoms with Crippen LogP contribution in [-0.4, -0.2) is 41.4 Å². The summed E-state index contributed by atoms with van der Waals surface area (Å²) in [4.78, 5) is 24.2. The van der Waals surface area contributed by atoms with E-state index in [-0.39, 0.29) is 18.4 Å². The van der Waals surface area contributed by atoms with Gasteiger partial charge in [0.15, 0.2) is 0 Å². The van der Waals surface area contributed by atoms with E-state index in [0.717, 1.165) is 11.8 Å². The molecule has 1 fully saturated rings. The fraction of sp³-hybridized carbons (Fsp3) is 0.385. The van der Waals surface area contributed by atoms with Crippen LogP contribution in [0.2, 0.25) is 0 Å². The van der Waals surface area contributed by atoms with E-state index in [1.165, 1.54) is 0 Å². The number of amides is 1. The summed E-state index contributed by atoms with van der Waals surface area (Å²) in [6, 6.07) is 7.03. The van der Waals surface area contributed by atoms with Crippen molar-refractivity contribution in [2.75, 3.05) is 13.1 Å². The molecule has 1 unspecified atom stereocenters. The van der Waals surface area contributed by atoms with Gasteiger partial charge in [0.1, 0.15) is 6.29 Å². The third-order valence-electron chi connectivity index (χ3n) is 2.96. The minimum absolute atomic E-state index is 0.00426. The maximum Gasteiger partial charge on any atom is 0.227 e. The SMILES string of the molecule is O=Cc1cccc(CC(=O)N2CCC(O)C2)c1. The molecule has 4 nitrogen and oxygen atoms in total. The Balaban J connectivity index is 2.00. The molecule has 1 aliphatic heterocycles. The first-order valence-electron chi connectivity index (χ1n) is 5.69. The van der Waals surface area contributed by atoms with E-state index >= 15 is 0 Å². The van der Waals surface area contributed by atoms with E-state index in [2.05, 4.69) is 0 Å². The van der Waals surface area contributed by atoms with E-state index in [1.807, 2.05) is 6.07 Å². The van der Waals surface area contributed by atoms with Crippen LogP contribution in [0.25, 0.3) is 0 Å². The summed E-state index contributed by atoms with van der Waals surface area (Å²) in [6.45, 7) is 1.04. The monoisotopic (exact) mass is 233 g/mol. The smallest absolute Gasteiger partial charge is 0.227 e. The van der Waals surface area contributed by atoms with Crippen molar-refractivity contribution in [2.24, 2.45) is 0 Å². The predicted molar refractivity (Wildman–Crippen MR) is 62.7 cm³/mol. The first-order chi connectivity index (χ1) is 8.19. The van der Waals surface area contributed by atoms with Crippen molar-refractivity contribution in [3.8, 4) is 0 Å². The van der Waals surface area contributed by atoms with Crippen molar-refractivity contribution >= 4 is 12.2 Å². The van der Waals surface area contributed by atoms with Crippen molar-refractivity contribution in [2.45, 2.75) is 18.9 Å². The molecule has 0 saturated carbocycles. The van der Waals surface area contributed by atoms with Crippen LogP contribution in [0.1, 0.15) is 22.3 Å². The third kappa shape index (κ3) is 2.91. The average molecular weight is 233 g/mol. The Morgan fingerprint density at radius 3 is 3.00 bits per heavy atom. The maximum absolute atomic E-state index is 11.9. The molecule has 2 rings (SSSR count). The van der Waals surface area contributed by atoms with Crippen LogP contribution in [0.3, 0.4) is 0 Å². The number of aliphatic hydroxyl groups is 1. The van der Waals surface area contributed by atoms with Gasteiger partial charge in [-0.2, -0.15) is 0 Å². The molecule has 17 heavy (non-hydrogen) atoms. The van der Waals surface area contributed by atoms with Gasteiger partial charge >= 0.3 is 0 Å². The Morgan fingerprint density at radius 1 is 1.53 bits per heavy atom. The molecule has 1 aromatic carbocycles. The molecule has 4 heteroatoms. The molecule has 1 saturated heterocycles. The molecule has 1 aliphatic rings. The summed E-state index contributed by atoms with van der Waals surface area (Å²) in [5.41, 5.74) is 1.41. The molecule has 90 valence electrons. The van der Waals surface area contributed by atoms with E-state index in [0.29, 0.717) is 25.1 Å². The van der Waals surface area contributed by atoms with Crippen molar-refractivity contribution in [1.82, 2.24) is 4.90 Å². The highest BCUT2D eigenvalue weighted by molar-refractivity contribution is 5.80. The lowest BCUT2D eigenvalue weighted by molar-refractivity contribution is -0.129. The zero-order chi connectivity index (χ0) is 12.3. The highest BCUT2D eigenvalue weighted by Crippen LogP contribution is 2.12.